The topological polar surface area (TPSA) is 84.2 Å². The number of carbonyl (C=O) groups excluding carboxylic acids is 2. The fourth-order valence-electron chi connectivity index (χ4n) is 2.44. The number of Topliss-reactive ketones (excluding diaryl/α,β-unsaturated/α-hetero) is 2. The lowest BCUT2D eigenvalue weighted by atomic mass is 9.83. The van der Waals surface area contributed by atoms with Gasteiger partial charge in [0.2, 0.25) is 0 Å². The highest BCUT2D eigenvalue weighted by Gasteiger charge is 2.28. The van der Waals surface area contributed by atoms with Crippen LogP contribution in [0.25, 0.3) is 0 Å². The zero-order valence-corrected chi connectivity index (χ0v) is 11.5. The predicted octanol–water partition coefficient (Wildman–Crippen LogP) is 1.52. The average Bonchev–Trinajstić information content (AvgIpc) is 2.48. The van der Waals surface area contributed by atoms with Crippen LogP contribution in [0, 0.1) is 0 Å². The molecule has 0 atom stereocenters. The van der Waals surface area contributed by atoms with E-state index in [0.717, 1.165) is 19.4 Å². The Morgan fingerprint density at radius 2 is 1.70 bits per heavy atom. The summed E-state index contributed by atoms with van der Waals surface area (Å²) in [5.74, 6) is 5.06. The van der Waals surface area contributed by atoms with Gasteiger partial charge in [-0.25, -0.2) is 5.43 Å². The van der Waals surface area contributed by atoms with Crippen molar-refractivity contribution in [1.29, 1.82) is 0 Å². The minimum absolute atomic E-state index is 0.0115. The monoisotopic (exact) mass is 273 g/mol. The minimum Gasteiger partial charge on any atom is -0.289 e. The summed E-state index contributed by atoms with van der Waals surface area (Å²) in [6, 6.07) is 7.02. The highest BCUT2D eigenvalue weighted by Crippen LogP contribution is 2.28. The lowest BCUT2D eigenvalue weighted by Gasteiger charge is -2.18. The fourth-order valence-corrected chi connectivity index (χ4v) is 2.44. The van der Waals surface area contributed by atoms with Crippen molar-refractivity contribution in [2.45, 2.75) is 26.2 Å². The minimum atomic E-state index is -0.0306. The molecule has 0 saturated carbocycles. The Bertz CT molecular complexity index is 564. The van der Waals surface area contributed by atoms with Gasteiger partial charge in [0.05, 0.1) is 0 Å². The molecule has 5 nitrogen and oxygen atoms in total. The molecule has 20 heavy (non-hydrogen) atoms. The van der Waals surface area contributed by atoms with Crippen LogP contribution in [0.3, 0.4) is 0 Å². The molecular weight excluding hydrogens is 254 g/mol. The first kappa shape index (κ1) is 14.6. The van der Waals surface area contributed by atoms with Gasteiger partial charge in [-0.05, 0) is 26.2 Å². The second-order valence-electron chi connectivity index (χ2n) is 4.84. The van der Waals surface area contributed by atoms with Crippen LogP contribution in [-0.4, -0.2) is 18.1 Å². The zero-order chi connectivity index (χ0) is 14.5. The Balaban J connectivity index is 2.11. The van der Waals surface area contributed by atoms with Gasteiger partial charge in [-0.15, -0.1) is 0 Å². The maximum atomic E-state index is 12.4. The Morgan fingerprint density at radius 1 is 1.05 bits per heavy atom. The van der Waals surface area contributed by atoms with Gasteiger partial charge in [-0.3, -0.25) is 15.4 Å². The van der Waals surface area contributed by atoms with E-state index >= 15 is 0 Å². The number of ketones is 2. The number of allylic oxidation sites excluding steroid dienone is 2. The molecule has 0 bridgehead atoms. The number of hydrogen-bond donors (Lipinski definition) is 3. The number of carbonyl (C=O) groups is 2. The molecule has 5 heteroatoms. The second kappa shape index (κ2) is 6.56. The number of unbranched alkanes of at least 4 members (excludes halogenated alkanes) is 1. The van der Waals surface area contributed by atoms with Gasteiger partial charge < -0.3 is 0 Å². The van der Waals surface area contributed by atoms with Crippen LogP contribution in [0.2, 0.25) is 0 Å². The second-order valence-corrected chi connectivity index (χ2v) is 4.84. The maximum Gasteiger partial charge on any atom is 0.190 e. The summed E-state index contributed by atoms with van der Waals surface area (Å²) in [6.07, 6.45) is 2.34. The Morgan fingerprint density at radius 3 is 2.35 bits per heavy atom. The molecule has 0 radical (unpaired) electrons. The molecule has 1 aliphatic carbocycles. The van der Waals surface area contributed by atoms with Crippen molar-refractivity contribution in [3.8, 4) is 0 Å². The van der Waals surface area contributed by atoms with Crippen molar-refractivity contribution in [2.75, 3.05) is 6.54 Å². The Hall–Kier alpha value is -1.82. The molecule has 2 rings (SSSR count). The molecule has 4 N–H and O–H groups in total. The van der Waals surface area contributed by atoms with E-state index < -0.39 is 0 Å². The molecule has 0 amide bonds. The molecule has 0 aromatic heterocycles. The van der Waals surface area contributed by atoms with Crippen LogP contribution >= 0.6 is 0 Å². The van der Waals surface area contributed by atoms with Gasteiger partial charge in [0.25, 0.3) is 0 Å². The zero-order valence-electron chi connectivity index (χ0n) is 11.5. The summed E-state index contributed by atoms with van der Waals surface area (Å²) in [7, 11) is 0. The van der Waals surface area contributed by atoms with E-state index in [1.165, 1.54) is 0 Å². The van der Waals surface area contributed by atoms with Gasteiger partial charge in [0.1, 0.15) is 0 Å². The highest BCUT2D eigenvalue weighted by molar-refractivity contribution is 6.26. The predicted molar refractivity (Wildman–Crippen MR) is 77.0 cm³/mol. The van der Waals surface area contributed by atoms with Crippen LogP contribution in [0.5, 0.6) is 0 Å². The summed E-state index contributed by atoms with van der Waals surface area (Å²) >= 11 is 0. The third-order valence-electron chi connectivity index (χ3n) is 3.56. The summed E-state index contributed by atoms with van der Waals surface area (Å²) < 4.78 is 0. The SMILES string of the molecule is CC1=C(CCCCNNN)C(=O)c2ccccc2C1=O. The number of nitrogens with two attached hydrogens (primary N) is 1. The van der Waals surface area contributed by atoms with Crippen molar-refractivity contribution in [2.24, 2.45) is 5.84 Å². The van der Waals surface area contributed by atoms with E-state index in [1.54, 1.807) is 31.2 Å². The number of hydrogen-bond acceptors (Lipinski definition) is 5. The van der Waals surface area contributed by atoms with Crippen molar-refractivity contribution in [3.63, 3.8) is 0 Å². The normalized spacial score (nSPS) is 14.7. The quantitative estimate of drug-likeness (QED) is 0.416. The molecule has 1 aromatic carbocycles. The van der Waals surface area contributed by atoms with Crippen LogP contribution in [0.15, 0.2) is 35.4 Å². The molecule has 0 spiro atoms. The van der Waals surface area contributed by atoms with Gasteiger partial charge in [0, 0.05) is 28.8 Å². The first-order valence-corrected chi connectivity index (χ1v) is 6.73. The van der Waals surface area contributed by atoms with Gasteiger partial charge in [0.15, 0.2) is 11.6 Å². The van der Waals surface area contributed by atoms with Crippen LogP contribution in [-0.2, 0) is 0 Å². The van der Waals surface area contributed by atoms with Crippen molar-refractivity contribution in [3.05, 3.63) is 46.5 Å². The summed E-state index contributed by atoms with van der Waals surface area (Å²) in [5.41, 5.74) is 7.43. The number of fused-ring (bicyclic) bond motifs is 1. The first-order valence-electron chi connectivity index (χ1n) is 6.73. The fraction of sp³-hybridized carbons (Fsp3) is 0.333. The Labute approximate surface area is 118 Å². The molecule has 0 heterocycles. The van der Waals surface area contributed by atoms with Gasteiger partial charge >= 0.3 is 0 Å². The number of nitrogens with one attached hydrogen (secondary N) is 2. The molecule has 1 aromatic rings. The highest BCUT2D eigenvalue weighted by atomic mass is 16.1. The molecule has 0 saturated heterocycles. The van der Waals surface area contributed by atoms with Crippen molar-refractivity contribution < 1.29 is 9.59 Å². The molecule has 106 valence electrons. The van der Waals surface area contributed by atoms with Gasteiger partial charge in [-0.2, -0.15) is 5.53 Å². The van der Waals surface area contributed by atoms with Crippen molar-refractivity contribution >= 4 is 11.6 Å². The molecular formula is C15H19N3O2. The standard InChI is InChI=1S/C15H19N3O2/c1-10-11(6-4-5-9-17-18-16)15(20)13-8-3-2-7-12(13)14(10)19/h2-3,7-8,17-18H,4-6,9,16H2,1H3. The largest absolute Gasteiger partial charge is 0.289 e. The summed E-state index contributed by atoms with van der Waals surface area (Å²) in [5, 5.41) is 0. The first-order chi connectivity index (χ1) is 9.66. The van der Waals surface area contributed by atoms with E-state index in [4.69, 9.17) is 5.84 Å². The van der Waals surface area contributed by atoms with Crippen molar-refractivity contribution in [1.82, 2.24) is 11.0 Å². The number of benzene rings is 1. The Kier molecular flexibility index (Phi) is 4.79. The summed E-state index contributed by atoms with van der Waals surface area (Å²) in [4.78, 5) is 24.7. The third kappa shape index (κ3) is 2.85. The van der Waals surface area contributed by atoms with Crippen LogP contribution in [0.1, 0.15) is 46.9 Å². The lowest BCUT2D eigenvalue weighted by molar-refractivity contribution is 0.0971. The molecule has 0 aliphatic heterocycles. The van der Waals surface area contributed by atoms with E-state index in [2.05, 4.69) is 11.0 Å². The smallest absolute Gasteiger partial charge is 0.190 e. The third-order valence-corrected chi connectivity index (χ3v) is 3.56. The maximum absolute atomic E-state index is 12.4. The van der Waals surface area contributed by atoms with Gasteiger partial charge in [-0.1, -0.05) is 24.3 Å². The average molecular weight is 273 g/mol. The molecule has 0 fully saturated rings. The van der Waals surface area contributed by atoms with Crippen LogP contribution in [0.4, 0.5) is 0 Å². The van der Waals surface area contributed by atoms with E-state index in [9.17, 15) is 9.59 Å². The van der Waals surface area contributed by atoms with E-state index in [1.807, 2.05) is 0 Å². The number of rotatable bonds is 6. The van der Waals surface area contributed by atoms with Crippen LogP contribution < -0.4 is 16.8 Å². The molecule has 1 aliphatic rings. The lowest BCUT2D eigenvalue weighted by Crippen LogP contribution is -2.38. The van der Waals surface area contributed by atoms with E-state index in [-0.39, 0.29) is 11.6 Å². The number of hydrazine groups is 2. The summed E-state index contributed by atoms with van der Waals surface area (Å²) in [6.45, 7) is 2.47. The van der Waals surface area contributed by atoms with E-state index in [0.29, 0.717) is 28.7 Å². The molecule has 0 unspecified atom stereocenters.